The summed E-state index contributed by atoms with van der Waals surface area (Å²) in [6, 6.07) is 9.30. The SMILES string of the molecule is O=C(Nc1ccc(I)cn1)c1cc(I)ccc1Br. The molecule has 6 heteroatoms. The Morgan fingerprint density at radius 3 is 2.56 bits per heavy atom. The fourth-order valence-corrected chi connectivity index (χ4v) is 2.54. The Kier molecular flexibility index (Phi) is 4.96. The summed E-state index contributed by atoms with van der Waals surface area (Å²) < 4.78 is 2.81. The van der Waals surface area contributed by atoms with Crippen LogP contribution in [-0.2, 0) is 0 Å². The Labute approximate surface area is 140 Å². The normalized spacial score (nSPS) is 10.2. The lowest BCUT2D eigenvalue weighted by atomic mass is 10.2. The second-order valence-electron chi connectivity index (χ2n) is 3.44. The lowest BCUT2D eigenvalue weighted by molar-refractivity contribution is 0.102. The fraction of sp³-hybridized carbons (Fsp3) is 0. The number of pyridine rings is 1. The Morgan fingerprint density at radius 2 is 1.89 bits per heavy atom. The first-order valence-electron chi connectivity index (χ1n) is 4.94. The van der Waals surface area contributed by atoms with E-state index < -0.39 is 0 Å². The molecule has 0 fully saturated rings. The molecule has 0 saturated heterocycles. The zero-order valence-corrected chi connectivity index (χ0v) is 14.9. The van der Waals surface area contributed by atoms with Gasteiger partial charge in [0.1, 0.15) is 5.82 Å². The molecule has 1 heterocycles. The number of carbonyl (C=O) groups is 1. The van der Waals surface area contributed by atoms with Gasteiger partial charge in [0.2, 0.25) is 0 Å². The van der Waals surface area contributed by atoms with Crippen molar-refractivity contribution >= 4 is 72.8 Å². The Bertz CT molecular complexity index is 587. The van der Waals surface area contributed by atoms with Crippen molar-refractivity contribution in [3.05, 3.63) is 53.7 Å². The third kappa shape index (κ3) is 3.64. The van der Waals surface area contributed by atoms with E-state index in [0.717, 1.165) is 11.6 Å². The van der Waals surface area contributed by atoms with Crippen LogP contribution in [0.25, 0.3) is 0 Å². The van der Waals surface area contributed by atoms with Crippen LogP contribution in [0.4, 0.5) is 5.82 Å². The van der Waals surface area contributed by atoms with E-state index in [1.807, 2.05) is 24.3 Å². The number of carbonyl (C=O) groups excluding carboxylic acids is 1. The molecule has 0 bridgehead atoms. The summed E-state index contributed by atoms with van der Waals surface area (Å²) in [4.78, 5) is 16.2. The van der Waals surface area contributed by atoms with E-state index in [0.29, 0.717) is 11.4 Å². The summed E-state index contributed by atoms with van der Waals surface area (Å²) in [6.07, 6.45) is 1.71. The maximum Gasteiger partial charge on any atom is 0.257 e. The van der Waals surface area contributed by atoms with Crippen molar-refractivity contribution in [1.82, 2.24) is 4.98 Å². The van der Waals surface area contributed by atoms with Gasteiger partial charge in [0.25, 0.3) is 5.91 Å². The van der Waals surface area contributed by atoms with Crippen molar-refractivity contribution in [3.8, 4) is 0 Å². The van der Waals surface area contributed by atoms with Gasteiger partial charge in [-0.2, -0.15) is 0 Å². The van der Waals surface area contributed by atoms with Gasteiger partial charge >= 0.3 is 0 Å². The first-order valence-corrected chi connectivity index (χ1v) is 7.89. The molecule has 0 atom stereocenters. The fourth-order valence-electron chi connectivity index (χ4n) is 1.30. The van der Waals surface area contributed by atoms with Crippen molar-refractivity contribution in [3.63, 3.8) is 0 Å². The molecule has 0 aliphatic rings. The van der Waals surface area contributed by atoms with E-state index in [-0.39, 0.29) is 5.91 Å². The van der Waals surface area contributed by atoms with Gasteiger partial charge in [-0.15, -0.1) is 0 Å². The van der Waals surface area contributed by atoms with Crippen LogP contribution >= 0.6 is 61.1 Å². The van der Waals surface area contributed by atoms with Crippen LogP contribution < -0.4 is 5.32 Å². The summed E-state index contributed by atoms with van der Waals surface area (Å²) in [6.45, 7) is 0. The number of nitrogens with one attached hydrogen (secondary N) is 1. The van der Waals surface area contributed by atoms with Gasteiger partial charge < -0.3 is 5.32 Å². The van der Waals surface area contributed by atoms with Gasteiger partial charge in [0, 0.05) is 17.8 Å². The van der Waals surface area contributed by atoms with Gasteiger partial charge in [-0.1, -0.05) is 0 Å². The van der Waals surface area contributed by atoms with Crippen molar-refractivity contribution in [2.75, 3.05) is 5.32 Å². The third-order valence-electron chi connectivity index (χ3n) is 2.14. The summed E-state index contributed by atoms with van der Waals surface area (Å²) in [5, 5.41) is 2.77. The van der Waals surface area contributed by atoms with Crippen molar-refractivity contribution in [1.29, 1.82) is 0 Å². The van der Waals surface area contributed by atoms with E-state index in [1.165, 1.54) is 0 Å². The highest BCUT2D eigenvalue weighted by Crippen LogP contribution is 2.20. The molecule has 0 unspecified atom stereocenters. The topological polar surface area (TPSA) is 42.0 Å². The highest BCUT2D eigenvalue weighted by atomic mass is 127. The molecule has 0 spiro atoms. The van der Waals surface area contributed by atoms with E-state index in [2.05, 4.69) is 71.4 Å². The molecular weight excluding hydrogens is 522 g/mol. The highest BCUT2D eigenvalue weighted by Gasteiger charge is 2.11. The average molecular weight is 529 g/mol. The number of hydrogen-bond acceptors (Lipinski definition) is 2. The number of rotatable bonds is 2. The molecule has 3 nitrogen and oxygen atoms in total. The summed E-state index contributed by atoms with van der Waals surface area (Å²) >= 11 is 7.71. The molecule has 1 aromatic carbocycles. The molecule has 18 heavy (non-hydrogen) atoms. The van der Waals surface area contributed by atoms with Crippen LogP contribution in [0.1, 0.15) is 10.4 Å². The summed E-state index contributed by atoms with van der Waals surface area (Å²) in [5.41, 5.74) is 0.599. The Balaban J connectivity index is 2.21. The van der Waals surface area contributed by atoms with Gasteiger partial charge in [0.05, 0.1) is 5.56 Å². The van der Waals surface area contributed by atoms with E-state index in [4.69, 9.17) is 0 Å². The van der Waals surface area contributed by atoms with Gasteiger partial charge in [-0.05, 0) is 91.4 Å². The van der Waals surface area contributed by atoms with E-state index in [1.54, 1.807) is 12.3 Å². The first kappa shape index (κ1) is 14.2. The van der Waals surface area contributed by atoms with Crippen LogP contribution in [-0.4, -0.2) is 10.9 Å². The maximum atomic E-state index is 12.1. The second kappa shape index (κ2) is 6.29. The van der Waals surface area contributed by atoms with E-state index >= 15 is 0 Å². The lowest BCUT2D eigenvalue weighted by Gasteiger charge is -2.06. The highest BCUT2D eigenvalue weighted by molar-refractivity contribution is 14.1. The maximum absolute atomic E-state index is 12.1. The summed E-state index contributed by atoms with van der Waals surface area (Å²) in [5.74, 6) is 0.375. The van der Waals surface area contributed by atoms with Crippen LogP contribution in [0.3, 0.4) is 0 Å². The number of hydrogen-bond donors (Lipinski definition) is 1. The molecular formula is C12H7BrI2N2O. The minimum absolute atomic E-state index is 0.172. The van der Waals surface area contributed by atoms with Crippen molar-refractivity contribution in [2.45, 2.75) is 0 Å². The lowest BCUT2D eigenvalue weighted by Crippen LogP contribution is -2.13. The minimum atomic E-state index is -0.172. The number of anilines is 1. The quantitative estimate of drug-likeness (QED) is 0.591. The molecule has 0 saturated carbocycles. The van der Waals surface area contributed by atoms with Crippen LogP contribution in [0.5, 0.6) is 0 Å². The number of halogens is 3. The van der Waals surface area contributed by atoms with Crippen LogP contribution in [0, 0.1) is 7.14 Å². The average Bonchev–Trinajstić information content (AvgIpc) is 2.35. The van der Waals surface area contributed by atoms with Crippen molar-refractivity contribution in [2.24, 2.45) is 0 Å². The number of nitrogens with zero attached hydrogens (tertiary/aromatic N) is 1. The monoisotopic (exact) mass is 528 g/mol. The molecule has 1 amide bonds. The Morgan fingerprint density at radius 1 is 1.17 bits per heavy atom. The van der Waals surface area contributed by atoms with E-state index in [9.17, 15) is 4.79 Å². The molecule has 2 aromatic rings. The standard InChI is InChI=1S/C12H7BrI2N2O/c13-10-3-1-7(14)5-9(10)12(18)17-11-4-2-8(15)6-16-11/h1-6H,(H,16,17,18). The smallest absolute Gasteiger partial charge is 0.257 e. The Hall–Kier alpha value is -0.220. The molecule has 0 aliphatic heterocycles. The largest absolute Gasteiger partial charge is 0.307 e. The molecule has 0 aliphatic carbocycles. The number of aromatic nitrogens is 1. The summed E-state index contributed by atoms with van der Waals surface area (Å²) in [7, 11) is 0. The number of amides is 1. The third-order valence-corrected chi connectivity index (χ3v) is 4.14. The van der Waals surface area contributed by atoms with Gasteiger partial charge in [-0.3, -0.25) is 4.79 Å². The zero-order chi connectivity index (χ0) is 13.1. The van der Waals surface area contributed by atoms with Crippen LogP contribution in [0.2, 0.25) is 0 Å². The molecule has 2 rings (SSSR count). The molecule has 1 aromatic heterocycles. The predicted molar refractivity (Wildman–Crippen MR) is 91.8 cm³/mol. The van der Waals surface area contributed by atoms with Gasteiger partial charge in [0.15, 0.2) is 0 Å². The second-order valence-corrected chi connectivity index (χ2v) is 6.79. The van der Waals surface area contributed by atoms with Crippen molar-refractivity contribution < 1.29 is 4.79 Å². The van der Waals surface area contributed by atoms with Gasteiger partial charge in [-0.25, -0.2) is 4.98 Å². The molecule has 0 radical (unpaired) electrons. The molecule has 1 N–H and O–H groups in total. The first-order chi connectivity index (χ1) is 8.56. The predicted octanol–water partition coefficient (Wildman–Crippen LogP) is 4.31. The number of benzene rings is 1. The van der Waals surface area contributed by atoms with Crippen LogP contribution in [0.15, 0.2) is 41.0 Å². The molecule has 92 valence electrons. The zero-order valence-electron chi connectivity index (χ0n) is 8.95. The minimum Gasteiger partial charge on any atom is -0.307 e.